The summed E-state index contributed by atoms with van der Waals surface area (Å²) >= 11 is 0. The Morgan fingerprint density at radius 1 is 1.19 bits per heavy atom. The van der Waals surface area contributed by atoms with E-state index in [-0.39, 0.29) is 12.3 Å². The van der Waals surface area contributed by atoms with Crippen LogP contribution in [0.1, 0.15) is 38.8 Å². The van der Waals surface area contributed by atoms with Crippen molar-refractivity contribution in [1.82, 2.24) is 15.5 Å². The lowest BCUT2D eigenvalue weighted by Gasteiger charge is -2.27. The molecular weight excluding hydrogens is 367 g/mol. The Morgan fingerprint density at radius 2 is 1.85 bits per heavy atom. The van der Waals surface area contributed by atoms with Crippen LogP contribution in [0, 0.1) is 5.82 Å². The Hall–Kier alpha value is -1.67. The molecule has 1 unspecified atom stereocenters. The highest BCUT2D eigenvalue weighted by Gasteiger charge is 2.12. The molecule has 0 fully saturated rings. The quantitative estimate of drug-likeness (QED) is 0.465. The molecule has 0 aliphatic carbocycles. The lowest BCUT2D eigenvalue weighted by Crippen LogP contribution is -2.46. The number of hydrogen-bond acceptors (Lipinski definition) is 4. The number of nitrogens with zero attached hydrogens (tertiary/aromatic N) is 2. The molecule has 0 radical (unpaired) electrons. The normalized spacial score (nSPS) is 13.7. The fourth-order valence-electron chi connectivity index (χ4n) is 2.89. The first-order chi connectivity index (χ1) is 12.7. The van der Waals surface area contributed by atoms with Crippen molar-refractivity contribution in [3.8, 4) is 0 Å². The molecule has 1 aromatic rings. The Labute approximate surface area is 163 Å². The van der Waals surface area contributed by atoms with Crippen LogP contribution in [-0.2, 0) is 22.1 Å². The van der Waals surface area contributed by atoms with Gasteiger partial charge in [0.1, 0.15) is 5.82 Å². The molecule has 1 atom stereocenters. The number of sulfone groups is 1. The molecule has 1 rings (SSSR count). The van der Waals surface area contributed by atoms with Gasteiger partial charge in [0.05, 0.1) is 12.3 Å². The van der Waals surface area contributed by atoms with Gasteiger partial charge in [0.2, 0.25) is 0 Å². The molecule has 2 N–H and O–H groups in total. The maximum atomic E-state index is 13.6. The summed E-state index contributed by atoms with van der Waals surface area (Å²) < 4.78 is 36.9. The van der Waals surface area contributed by atoms with E-state index in [1.165, 1.54) is 24.5 Å². The minimum atomic E-state index is -3.21. The molecule has 0 amide bonds. The third kappa shape index (κ3) is 8.71. The fourth-order valence-corrected chi connectivity index (χ4v) is 3.74. The average Bonchev–Trinajstić information content (AvgIpc) is 2.59. The molecule has 0 aliphatic heterocycles. The van der Waals surface area contributed by atoms with Gasteiger partial charge in [0.15, 0.2) is 15.8 Å². The molecule has 8 heteroatoms. The third-order valence-electron chi connectivity index (χ3n) is 4.34. The number of likely N-dealkylation sites (N-methyl/N-ethyl adjacent to an activating group) is 1. The largest absolute Gasteiger partial charge is 0.357 e. The Kier molecular flexibility index (Phi) is 9.73. The van der Waals surface area contributed by atoms with Gasteiger partial charge in [-0.3, -0.25) is 4.90 Å². The minimum absolute atomic E-state index is 0.124. The van der Waals surface area contributed by atoms with Gasteiger partial charge in [-0.25, -0.2) is 17.8 Å². The van der Waals surface area contributed by atoms with Crippen LogP contribution in [0.3, 0.4) is 0 Å². The second-order valence-corrected chi connectivity index (χ2v) is 8.77. The number of nitrogens with one attached hydrogen (secondary N) is 2. The summed E-state index contributed by atoms with van der Waals surface area (Å²) in [6.45, 7) is 12.0. The van der Waals surface area contributed by atoms with Crippen molar-refractivity contribution in [2.75, 3.05) is 32.4 Å². The molecule has 0 aromatic heterocycles. The second-order valence-electron chi connectivity index (χ2n) is 6.63. The van der Waals surface area contributed by atoms with E-state index in [0.29, 0.717) is 29.7 Å². The fraction of sp³-hybridized carbons (Fsp3) is 0.632. The number of benzene rings is 1. The zero-order valence-electron chi connectivity index (χ0n) is 17.0. The molecule has 0 aliphatic rings. The predicted octanol–water partition coefficient (Wildman–Crippen LogP) is 2.16. The summed E-state index contributed by atoms with van der Waals surface area (Å²) in [4.78, 5) is 6.85. The lowest BCUT2D eigenvalue weighted by atomic mass is 10.1. The van der Waals surface area contributed by atoms with Crippen LogP contribution in [-0.4, -0.2) is 57.8 Å². The number of hydrogen-bond donors (Lipinski definition) is 2. The standard InChI is InChI=1S/C19H33FN4O2S/c1-6-21-19(22-12-15(4)24(7-2)8-3)23-13-17-11-18(20)10-9-16(17)14-27(5,25)26/h9-11,15H,6-8,12-14H2,1-5H3,(H2,21,22,23). The van der Waals surface area contributed by atoms with Crippen LogP contribution in [0.5, 0.6) is 0 Å². The Morgan fingerprint density at radius 3 is 2.41 bits per heavy atom. The maximum Gasteiger partial charge on any atom is 0.191 e. The number of rotatable bonds is 10. The molecular formula is C19H33FN4O2S. The van der Waals surface area contributed by atoms with E-state index >= 15 is 0 Å². The molecule has 0 heterocycles. The van der Waals surface area contributed by atoms with E-state index in [0.717, 1.165) is 19.6 Å². The Balaban J connectivity index is 2.90. The van der Waals surface area contributed by atoms with Gasteiger partial charge in [0, 0.05) is 25.4 Å². The molecule has 27 heavy (non-hydrogen) atoms. The first-order valence-corrected chi connectivity index (χ1v) is 11.5. The molecule has 6 nitrogen and oxygen atoms in total. The summed E-state index contributed by atoms with van der Waals surface area (Å²) in [7, 11) is -3.21. The number of aliphatic imine (C=N–C) groups is 1. The average molecular weight is 401 g/mol. The van der Waals surface area contributed by atoms with Crippen molar-refractivity contribution in [3.05, 3.63) is 35.1 Å². The summed E-state index contributed by atoms with van der Waals surface area (Å²) in [5.74, 6) is 0.109. The smallest absolute Gasteiger partial charge is 0.191 e. The highest BCUT2D eigenvalue weighted by molar-refractivity contribution is 7.89. The first kappa shape index (κ1) is 23.4. The van der Waals surface area contributed by atoms with Gasteiger partial charge in [-0.05, 0) is 50.2 Å². The van der Waals surface area contributed by atoms with Gasteiger partial charge in [-0.2, -0.15) is 0 Å². The monoisotopic (exact) mass is 400 g/mol. The van der Waals surface area contributed by atoms with Crippen molar-refractivity contribution in [3.63, 3.8) is 0 Å². The van der Waals surface area contributed by atoms with Crippen molar-refractivity contribution < 1.29 is 12.8 Å². The zero-order chi connectivity index (χ0) is 20.4. The van der Waals surface area contributed by atoms with Crippen LogP contribution >= 0.6 is 0 Å². The van der Waals surface area contributed by atoms with Crippen LogP contribution in [0.15, 0.2) is 23.2 Å². The van der Waals surface area contributed by atoms with Crippen LogP contribution in [0.25, 0.3) is 0 Å². The van der Waals surface area contributed by atoms with Crippen molar-refractivity contribution >= 4 is 15.8 Å². The van der Waals surface area contributed by atoms with Gasteiger partial charge >= 0.3 is 0 Å². The van der Waals surface area contributed by atoms with Crippen molar-refractivity contribution in [2.45, 2.75) is 46.0 Å². The second kappa shape index (κ2) is 11.2. The summed E-state index contributed by atoms with van der Waals surface area (Å²) in [6, 6.07) is 4.50. The van der Waals surface area contributed by atoms with E-state index < -0.39 is 15.7 Å². The number of halogens is 1. The molecule has 0 bridgehead atoms. The lowest BCUT2D eigenvalue weighted by molar-refractivity contribution is 0.231. The summed E-state index contributed by atoms with van der Waals surface area (Å²) in [5, 5.41) is 6.48. The maximum absolute atomic E-state index is 13.6. The van der Waals surface area contributed by atoms with Gasteiger partial charge in [0.25, 0.3) is 0 Å². The number of guanidine groups is 1. The minimum Gasteiger partial charge on any atom is -0.357 e. The van der Waals surface area contributed by atoms with Gasteiger partial charge in [-0.1, -0.05) is 19.9 Å². The van der Waals surface area contributed by atoms with Crippen molar-refractivity contribution in [2.24, 2.45) is 4.99 Å². The molecule has 0 saturated heterocycles. The zero-order valence-corrected chi connectivity index (χ0v) is 17.9. The summed E-state index contributed by atoms with van der Waals surface area (Å²) in [5.41, 5.74) is 1.16. The van der Waals surface area contributed by atoms with E-state index in [2.05, 4.69) is 41.3 Å². The SMILES string of the molecule is CCNC(=NCc1cc(F)ccc1CS(C)(=O)=O)NCC(C)N(CC)CC. The molecule has 1 aromatic carbocycles. The van der Waals surface area contributed by atoms with Gasteiger partial charge in [-0.15, -0.1) is 0 Å². The Bertz CT molecular complexity index is 718. The highest BCUT2D eigenvalue weighted by atomic mass is 32.2. The van der Waals surface area contributed by atoms with Crippen LogP contribution in [0.2, 0.25) is 0 Å². The van der Waals surface area contributed by atoms with E-state index in [1.807, 2.05) is 6.92 Å². The van der Waals surface area contributed by atoms with E-state index in [4.69, 9.17) is 0 Å². The topological polar surface area (TPSA) is 73.8 Å². The summed E-state index contributed by atoms with van der Waals surface area (Å²) in [6.07, 6.45) is 1.17. The first-order valence-electron chi connectivity index (χ1n) is 9.41. The molecule has 0 spiro atoms. The van der Waals surface area contributed by atoms with E-state index in [9.17, 15) is 12.8 Å². The molecule has 154 valence electrons. The van der Waals surface area contributed by atoms with E-state index in [1.54, 1.807) is 0 Å². The third-order valence-corrected chi connectivity index (χ3v) is 5.17. The van der Waals surface area contributed by atoms with Gasteiger partial charge < -0.3 is 10.6 Å². The highest BCUT2D eigenvalue weighted by Crippen LogP contribution is 2.15. The van der Waals surface area contributed by atoms with Crippen LogP contribution in [0.4, 0.5) is 4.39 Å². The molecule has 0 saturated carbocycles. The predicted molar refractivity (Wildman–Crippen MR) is 110 cm³/mol. The van der Waals surface area contributed by atoms with Crippen molar-refractivity contribution in [1.29, 1.82) is 0 Å². The van der Waals surface area contributed by atoms with Crippen LogP contribution < -0.4 is 10.6 Å².